The Morgan fingerprint density at radius 1 is 1.12 bits per heavy atom. The summed E-state index contributed by atoms with van der Waals surface area (Å²) in [5.41, 5.74) is 0.996. The van der Waals surface area contributed by atoms with Gasteiger partial charge in [-0.3, -0.25) is 4.79 Å². The average molecular weight is 356 g/mol. The molecule has 4 heteroatoms. The molecule has 1 atom stereocenters. The SMILES string of the molecule is CC(C(=O)OC1CC[N+](C)(C)CC1)(c1ccc(C#N)cc1)C1CCCC1. The minimum atomic E-state index is -0.619. The minimum absolute atomic E-state index is 0.0350. The normalized spacial score (nSPS) is 23.2. The van der Waals surface area contributed by atoms with Crippen LogP contribution in [0.4, 0.5) is 0 Å². The van der Waals surface area contributed by atoms with E-state index < -0.39 is 5.41 Å². The Hall–Kier alpha value is -1.86. The van der Waals surface area contributed by atoms with Gasteiger partial charge in [0.05, 0.1) is 44.2 Å². The molecule has 1 heterocycles. The molecule has 1 aromatic carbocycles. The van der Waals surface area contributed by atoms with Gasteiger partial charge in [-0.05, 0) is 43.4 Å². The van der Waals surface area contributed by atoms with Crippen molar-refractivity contribution in [3.8, 4) is 6.07 Å². The van der Waals surface area contributed by atoms with Crippen LogP contribution in [0.25, 0.3) is 0 Å². The highest BCUT2D eigenvalue weighted by molar-refractivity contribution is 5.83. The van der Waals surface area contributed by atoms with Crippen LogP contribution in [0, 0.1) is 17.2 Å². The summed E-state index contributed by atoms with van der Waals surface area (Å²) in [5.74, 6) is 0.241. The highest BCUT2D eigenvalue weighted by atomic mass is 16.5. The molecule has 1 unspecified atom stereocenters. The van der Waals surface area contributed by atoms with Gasteiger partial charge < -0.3 is 9.22 Å². The Morgan fingerprint density at radius 2 is 1.69 bits per heavy atom. The van der Waals surface area contributed by atoms with Gasteiger partial charge in [-0.1, -0.05) is 25.0 Å². The van der Waals surface area contributed by atoms with Crippen molar-refractivity contribution in [1.82, 2.24) is 0 Å². The first-order valence-corrected chi connectivity index (χ1v) is 9.89. The Labute approximate surface area is 157 Å². The van der Waals surface area contributed by atoms with Crippen LogP contribution in [0.2, 0.25) is 0 Å². The van der Waals surface area contributed by atoms with Gasteiger partial charge in [0.1, 0.15) is 6.10 Å². The van der Waals surface area contributed by atoms with Gasteiger partial charge in [0, 0.05) is 12.8 Å². The van der Waals surface area contributed by atoms with E-state index in [-0.39, 0.29) is 12.1 Å². The van der Waals surface area contributed by atoms with E-state index >= 15 is 0 Å². The van der Waals surface area contributed by atoms with Gasteiger partial charge in [-0.15, -0.1) is 0 Å². The third-order valence-electron chi connectivity index (χ3n) is 6.60. The number of ether oxygens (including phenoxy) is 1. The zero-order chi connectivity index (χ0) is 18.8. The van der Waals surface area contributed by atoms with Crippen molar-refractivity contribution in [3.05, 3.63) is 35.4 Å². The number of carbonyl (C=O) groups is 1. The molecule has 26 heavy (non-hydrogen) atoms. The molecule has 0 N–H and O–H groups in total. The zero-order valence-electron chi connectivity index (χ0n) is 16.3. The number of nitrogens with zero attached hydrogens (tertiary/aromatic N) is 2. The maximum Gasteiger partial charge on any atom is 0.316 e. The molecule has 0 amide bonds. The first-order valence-electron chi connectivity index (χ1n) is 9.89. The van der Waals surface area contributed by atoms with Gasteiger partial charge in [0.15, 0.2) is 0 Å². The van der Waals surface area contributed by atoms with Crippen LogP contribution < -0.4 is 0 Å². The number of hydrogen-bond donors (Lipinski definition) is 0. The number of piperidine rings is 1. The molecule has 1 saturated heterocycles. The van der Waals surface area contributed by atoms with Crippen molar-refractivity contribution in [3.63, 3.8) is 0 Å². The Kier molecular flexibility index (Phi) is 5.39. The molecule has 0 spiro atoms. The van der Waals surface area contributed by atoms with Crippen LogP contribution in [0.3, 0.4) is 0 Å². The van der Waals surface area contributed by atoms with E-state index in [1.54, 1.807) is 0 Å². The van der Waals surface area contributed by atoms with Gasteiger partial charge in [-0.2, -0.15) is 5.26 Å². The first kappa shape index (κ1) is 18.9. The number of likely N-dealkylation sites (tertiary alicyclic amines) is 1. The van der Waals surface area contributed by atoms with Crippen LogP contribution in [0.1, 0.15) is 56.6 Å². The van der Waals surface area contributed by atoms with Crippen molar-refractivity contribution in [2.24, 2.45) is 5.92 Å². The van der Waals surface area contributed by atoms with Crippen LogP contribution in [-0.2, 0) is 14.9 Å². The number of hydrogen-bond acceptors (Lipinski definition) is 3. The number of rotatable bonds is 4. The fourth-order valence-corrected chi connectivity index (χ4v) is 4.55. The molecule has 0 bridgehead atoms. The highest BCUT2D eigenvalue weighted by Crippen LogP contribution is 2.43. The van der Waals surface area contributed by atoms with Crippen molar-refractivity contribution in [2.45, 2.75) is 57.0 Å². The number of benzene rings is 1. The van der Waals surface area contributed by atoms with E-state index in [4.69, 9.17) is 10.00 Å². The Morgan fingerprint density at radius 3 is 2.23 bits per heavy atom. The number of quaternary nitrogens is 1. The third kappa shape index (κ3) is 3.78. The summed E-state index contributed by atoms with van der Waals surface area (Å²) in [6.07, 6.45) is 6.41. The maximum atomic E-state index is 13.3. The predicted octanol–water partition coefficient (Wildman–Crippen LogP) is 3.79. The van der Waals surface area contributed by atoms with Crippen molar-refractivity contribution < 1.29 is 14.0 Å². The van der Waals surface area contributed by atoms with Crippen molar-refractivity contribution in [1.29, 1.82) is 5.26 Å². The molecule has 140 valence electrons. The molecule has 0 aromatic heterocycles. The topological polar surface area (TPSA) is 50.1 Å². The summed E-state index contributed by atoms with van der Waals surface area (Å²) in [5, 5.41) is 9.07. The molecular weight excluding hydrogens is 324 g/mol. The second-order valence-electron chi connectivity index (χ2n) is 8.86. The fraction of sp³-hybridized carbons (Fsp3) is 0.636. The lowest BCUT2D eigenvalue weighted by molar-refractivity contribution is -0.896. The summed E-state index contributed by atoms with van der Waals surface area (Å²) >= 11 is 0. The number of carbonyl (C=O) groups excluding carboxylic acids is 1. The summed E-state index contributed by atoms with van der Waals surface area (Å²) < 4.78 is 7.06. The second-order valence-corrected chi connectivity index (χ2v) is 8.86. The quantitative estimate of drug-likeness (QED) is 0.610. The van der Waals surface area contributed by atoms with E-state index in [0.29, 0.717) is 11.5 Å². The Bertz CT molecular complexity index is 673. The molecule has 2 aliphatic rings. The molecule has 1 aromatic rings. The van der Waals surface area contributed by atoms with Crippen LogP contribution in [-0.4, -0.2) is 43.7 Å². The molecule has 0 radical (unpaired) electrons. The van der Waals surface area contributed by atoms with Crippen molar-refractivity contribution >= 4 is 5.97 Å². The maximum absolute atomic E-state index is 13.3. The molecule has 1 saturated carbocycles. The average Bonchev–Trinajstić information content (AvgIpc) is 3.18. The first-order chi connectivity index (χ1) is 12.3. The summed E-state index contributed by atoms with van der Waals surface area (Å²) in [6.45, 7) is 4.15. The molecule has 1 aliphatic heterocycles. The van der Waals surface area contributed by atoms with Crippen LogP contribution in [0.15, 0.2) is 24.3 Å². The van der Waals surface area contributed by atoms with Crippen LogP contribution >= 0.6 is 0 Å². The van der Waals surface area contributed by atoms with Gasteiger partial charge >= 0.3 is 5.97 Å². The molecule has 1 aliphatic carbocycles. The van der Waals surface area contributed by atoms with E-state index in [1.807, 2.05) is 24.3 Å². The number of esters is 1. The molecule has 3 rings (SSSR count). The lowest BCUT2D eigenvalue weighted by Gasteiger charge is -2.39. The second kappa shape index (κ2) is 7.40. The Balaban J connectivity index is 1.81. The monoisotopic (exact) mass is 355 g/mol. The standard InChI is InChI=1S/C22H31N2O2/c1-22(18-6-4-5-7-18,19-10-8-17(16-23)9-11-19)21(25)26-20-12-14-24(2,3)15-13-20/h8-11,18,20H,4-7,12-15H2,1-3H3/q+1. The largest absolute Gasteiger partial charge is 0.461 e. The number of nitriles is 1. The van der Waals surface area contributed by atoms with Crippen molar-refractivity contribution in [2.75, 3.05) is 27.2 Å². The van der Waals surface area contributed by atoms with Gasteiger partial charge in [0.2, 0.25) is 0 Å². The van der Waals surface area contributed by atoms with Gasteiger partial charge in [-0.25, -0.2) is 0 Å². The summed E-state index contributed by atoms with van der Waals surface area (Å²) in [7, 11) is 4.47. The fourth-order valence-electron chi connectivity index (χ4n) is 4.55. The third-order valence-corrected chi connectivity index (χ3v) is 6.60. The van der Waals surface area contributed by atoms with E-state index in [9.17, 15) is 4.79 Å². The van der Waals surface area contributed by atoms with E-state index in [1.165, 1.54) is 12.8 Å². The smallest absolute Gasteiger partial charge is 0.316 e. The zero-order valence-corrected chi connectivity index (χ0v) is 16.3. The molecule has 4 nitrogen and oxygen atoms in total. The summed E-state index contributed by atoms with van der Waals surface area (Å²) in [4.78, 5) is 13.3. The lowest BCUT2D eigenvalue weighted by Crippen LogP contribution is -2.50. The summed E-state index contributed by atoms with van der Waals surface area (Å²) in [6, 6.07) is 9.68. The predicted molar refractivity (Wildman–Crippen MR) is 101 cm³/mol. The van der Waals surface area contributed by atoms with Crippen LogP contribution in [0.5, 0.6) is 0 Å². The van der Waals surface area contributed by atoms with E-state index in [0.717, 1.165) is 48.8 Å². The van der Waals surface area contributed by atoms with E-state index in [2.05, 4.69) is 27.1 Å². The minimum Gasteiger partial charge on any atom is -0.461 e. The highest BCUT2D eigenvalue weighted by Gasteiger charge is 2.46. The molecule has 2 fully saturated rings. The molecular formula is C22H31N2O2+. The lowest BCUT2D eigenvalue weighted by atomic mass is 9.70. The van der Waals surface area contributed by atoms with Gasteiger partial charge in [0.25, 0.3) is 0 Å².